The first-order chi connectivity index (χ1) is 8.25. The Morgan fingerprint density at radius 2 is 2.00 bits per heavy atom. The molecule has 0 spiro atoms. The van der Waals surface area contributed by atoms with Crippen LogP contribution in [0.5, 0.6) is 0 Å². The normalized spacial score (nSPS) is 28.2. The fourth-order valence-corrected chi connectivity index (χ4v) is 3.59. The van der Waals surface area contributed by atoms with E-state index in [0.29, 0.717) is 11.7 Å². The van der Waals surface area contributed by atoms with Gasteiger partial charge in [0.25, 0.3) is 0 Å². The van der Waals surface area contributed by atoms with Gasteiger partial charge in [-0.15, -0.1) is 11.8 Å². The predicted octanol–water partition coefficient (Wildman–Crippen LogP) is 2.35. The molecule has 1 aliphatic carbocycles. The van der Waals surface area contributed by atoms with Gasteiger partial charge in [-0.1, -0.05) is 24.3 Å². The Balaban J connectivity index is 1.82. The van der Waals surface area contributed by atoms with E-state index in [2.05, 4.69) is 23.5 Å². The van der Waals surface area contributed by atoms with Crippen LogP contribution < -0.4 is 5.32 Å². The van der Waals surface area contributed by atoms with E-state index >= 15 is 0 Å². The van der Waals surface area contributed by atoms with E-state index in [1.54, 1.807) is 11.8 Å². The molecule has 4 heteroatoms. The highest BCUT2D eigenvalue weighted by atomic mass is 32.2. The van der Waals surface area contributed by atoms with E-state index in [-0.39, 0.29) is 5.37 Å². The van der Waals surface area contributed by atoms with Crippen LogP contribution in [0.3, 0.4) is 0 Å². The van der Waals surface area contributed by atoms with Crippen LogP contribution in [0.2, 0.25) is 0 Å². The highest BCUT2D eigenvalue weighted by Crippen LogP contribution is 2.45. The first-order valence-electron chi connectivity index (χ1n) is 5.95. The second kappa shape index (κ2) is 4.35. The van der Waals surface area contributed by atoms with E-state index in [9.17, 15) is 4.79 Å². The number of rotatable bonds is 3. The smallest absolute Gasteiger partial charge is 0.321 e. The van der Waals surface area contributed by atoms with E-state index < -0.39 is 12.0 Å². The molecular formula is C13H15NO2S. The lowest BCUT2D eigenvalue weighted by atomic mass is 10.0. The molecule has 2 fully saturated rings. The molecular weight excluding hydrogens is 234 g/mol. The quantitative estimate of drug-likeness (QED) is 0.863. The molecule has 0 bridgehead atoms. The number of carbonyl (C=O) groups is 1. The van der Waals surface area contributed by atoms with Crippen molar-refractivity contribution in [3.63, 3.8) is 0 Å². The summed E-state index contributed by atoms with van der Waals surface area (Å²) in [5.74, 6) is 0.611. The lowest BCUT2D eigenvalue weighted by Crippen LogP contribution is -2.33. The zero-order chi connectivity index (χ0) is 11.8. The molecule has 3 nitrogen and oxygen atoms in total. The molecule has 1 aliphatic heterocycles. The third kappa shape index (κ3) is 2.19. The number of hydrogen-bond donors (Lipinski definition) is 2. The number of hydrogen-bond acceptors (Lipinski definition) is 3. The average molecular weight is 249 g/mol. The average Bonchev–Trinajstić information content (AvgIpc) is 3.06. The van der Waals surface area contributed by atoms with Gasteiger partial charge in [-0.2, -0.15) is 0 Å². The van der Waals surface area contributed by atoms with Gasteiger partial charge in [0.1, 0.15) is 6.04 Å². The van der Waals surface area contributed by atoms with Gasteiger partial charge in [0.2, 0.25) is 0 Å². The van der Waals surface area contributed by atoms with Crippen LogP contribution in [0.15, 0.2) is 24.3 Å². The van der Waals surface area contributed by atoms with Crippen molar-refractivity contribution in [1.29, 1.82) is 0 Å². The fraction of sp³-hybridized carbons (Fsp3) is 0.462. The molecule has 0 aromatic heterocycles. The predicted molar refractivity (Wildman–Crippen MR) is 68.2 cm³/mol. The van der Waals surface area contributed by atoms with E-state index in [1.165, 1.54) is 24.0 Å². The minimum atomic E-state index is -0.746. The molecule has 90 valence electrons. The Kier molecular flexibility index (Phi) is 2.84. The summed E-state index contributed by atoms with van der Waals surface area (Å²) < 4.78 is 0. The summed E-state index contributed by atoms with van der Waals surface area (Å²) in [5, 5.41) is 12.3. The maximum atomic E-state index is 10.9. The maximum absolute atomic E-state index is 10.9. The second-order valence-electron chi connectivity index (χ2n) is 4.67. The molecule has 1 unspecified atom stereocenters. The van der Waals surface area contributed by atoms with E-state index in [0.717, 1.165) is 0 Å². The molecule has 1 aromatic carbocycles. The molecule has 2 aliphatic rings. The van der Waals surface area contributed by atoms with Gasteiger partial charge in [0.15, 0.2) is 0 Å². The zero-order valence-corrected chi connectivity index (χ0v) is 10.2. The molecule has 2 N–H and O–H groups in total. The Bertz CT molecular complexity index is 445. The van der Waals surface area contributed by atoms with Crippen LogP contribution >= 0.6 is 11.8 Å². The minimum absolute atomic E-state index is 0.146. The standard InChI is InChI=1S/C13H15NO2S/c15-13(16)11-7-17-12(14-11)10-4-2-1-3-9(10)8-5-6-8/h1-4,8,11-12,14H,5-7H2,(H,15,16)/t11-,12?/m1/s1. The number of nitrogens with one attached hydrogen (secondary N) is 1. The SMILES string of the molecule is O=C(O)[C@H]1CSC(c2ccccc2C2CC2)N1. The lowest BCUT2D eigenvalue weighted by Gasteiger charge is -2.15. The summed E-state index contributed by atoms with van der Waals surface area (Å²) in [7, 11) is 0. The summed E-state index contributed by atoms with van der Waals surface area (Å²) in [6.07, 6.45) is 2.55. The molecule has 1 saturated carbocycles. The molecule has 17 heavy (non-hydrogen) atoms. The monoisotopic (exact) mass is 249 g/mol. The third-order valence-electron chi connectivity index (χ3n) is 3.38. The van der Waals surface area contributed by atoms with E-state index in [4.69, 9.17) is 5.11 Å². The summed E-state index contributed by atoms with van der Waals surface area (Å²) in [5.41, 5.74) is 2.69. The largest absolute Gasteiger partial charge is 0.480 e. The van der Waals surface area contributed by atoms with E-state index in [1.807, 2.05) is 6.07 Å². The number of aliphatic carboxylic acids is 1. The van der Waals surface area contributed by atoms with Crippen LogP contribution in [0.25, 0.3) is 0 Å². The van der Waals surface area contributed by atoms with Crippen molar-refractivity contribution < 1.29 is 9.90 Å². The van der Waals surface area contributed by atoms with Gasteiger partial charge in [0.05, 0.1) is 5.37 Å². The van der Waals surface area contributed by atoms with Gasteiger partial charge in [-0.05, 0) is 29.9 Å². The number of thioether (sulfide) groups is 1. The van der Waals surface area contributed by atoms with Crippen molar-refractivity contribution in [2.24, 2.45) is 0 Å². The van der Waals surface area contributed by atoms with Crippen molar-refractivity contribution in [1.82, 2.24) is 5.32 Å². The van der Waals surface area contributed by atoms with Gasteiger partial charge < -0.3 is 5.11 Å². The van der Waals surface area contributed by atoms with Crippen molar-refractivity contribution >= 4 is 17.7 Å². The molecule has 1 saturated heterocycles. The van der Waals surface area contributed by atoms with Crippen molar-refractivity contribution in [2.45, 2.75) is 30.2 Å². The summed E-state index contributed by atoms with van der Waals surface area (Å²) in [4.78, 5) is 10.9. The summed E-state index contributed by atoms with van der Waals surface area (Å²) >= 11 is 1.70. The first kappa shape index (κ1) is 11.1. The molecule has 0 amide bonds. The number of carboxylic acid groups (broad SMARTS) is 1. The highest BCUT2D eigenvalue weighted by Gasteiger charge is 2.34. The Morgan fingerprint density at radius 3 is 2.59 bits per heavy atom. The van der Waals surface area contributed by atoms with Crippen LogP contribution in [-0.4, -0.2) is 22.9 Å². The second-order valence-corrected chi connectivity index (χ2v) is 5.81. The van der Waals surface area contributed by atoms with Gasteiger partial charge >= 0.3 is 5.97 Å². The molecule has 1 heterocycles. The first-order valence-corrected chi connectivity index (χ1v) is 7.00. The van der Waals surface area contributed by atoms with Crippen LogP contribution in [0.4, 0.5) is 0 Å². The maximum Gasteiger partial charge on any atom is 0.321 e. The number of benzene rings is 1. The van der Waals surface area contributed by atoms with Gasteiger partial charge in [-0.25, -0.2) is 0 Å². The Hall–Kier alpha value is -1.00. The lowest BCUT2D eigenvalue weighted by molar-refractivity contribution is -0.138. The molecule has 3 rings (SSSR count). The van der Waals surface area contributed by atoms with Crippen molar-refractivity contribution in [2.75, 3.05) is 5.75 Å². The van der Waals surface area contributed by atoms with Crippen molar-refractivity contribution in [3.8, 4) is 0 Å². The molecule has 0 radical (unpaired) electrons. The van der Waals surface area contributed by atoms with Gasteiger partial charge in [-0.3, -0.25) is 10.1 Å². The molecule has 1 aromatic rings. The highest BCUT2D eigenvalue weighted by molar-refractivity contribution is 7.99. The van der Waals surface area contributed by atoms with Crippen LogP contribution in [0, 0.1) is 0 Å². The minimum Gasteiger partial charge on any atom is -0.480 e. The number of carboxylic acids is 1. The third-order valence-corrected chi connectivity index (χ3v) is 4.63. The van der Waals surface area contributed by atoms with Crippen LogP contribution in [-0.2, 0) is 4.79 Å². The summed E-state index contributed by atoms with van der Waals surface area (Å²) in [6, 6.07) is 8.02. The topological polar surface area (TPSA) is 49.3 Å². The Morgan fingerprint density at radius 1 is 1.29 bits per heavy atom. The van der Waals surface area contributed by atoms with Crippen molar-refractivity contribution in [3.05, 3.63) is 35.4 Å². The van der Waals surface area contributed by atoms with Crippen LogP contribution in [0.1, 0.15) is 35.3 Å². The fourth-order valence-electron chi connectivity index (χ4n) is 2.31. The Labute approximate surface area is 105 Å². The zero-order valence-electron chi connectivity index (χ0n) is 9.43. The molecule has 2 atom stereocenters. The summed E-state index contributed by atoms with van der Waals surface area (Å²) in [6.45, 7) is 0. The van der Waals surface area contributed by atoms with Gasteiger partial charge in [0, 0.05) is 5.75 Å².